The van der Waals surface area contributed by atoms with Crippen LogP contribution < -0.4 is 10.1 Å². The highest BCUT2D eigenvalue weighted by Crippen LogP contribution is 2.35. The van der Waals surface area contributed by atoms with E-state index >= 15 is 0 Å². The van der Waals surface area contributed by atoms with Gasteiger partial charge in [0.2, 0.25) is 5.82 Å². The molecule has 0 saturated heterocycles. The molecule has 0 amide bonds. The molecule has 130 valence electrons. The fourth-order valence-electron chi connectivity index (χ4n) is 2.13. The van der Waals surface area contributed by atoms with Crippen molar-refractivity contribution in [3.63, 3.8) is 0 Å². The van der Waals surface area contributed by atoms with Gasteiger partial charge in [0.25, 0.3) is 0 Å². The first kappa shape index (κ1) is 16.8. The molecule has 0 aliphatic rings. The van der Waals surface area contributed by atoms with E-state index < -0.39 is 16.6 Å². The van der Waals surface area contributed by atoms with Crippen LogP contribution in [-0.2, 0) is 0 Å². The van der Waals surface area contributed by atoms with Crippen molar-refractivity contribution in [2.75, 3.05) is 5.32 Å². The highest BCUT2D eigenvalue weighted by atomic mass is 16.6. The summed E-state index contributed by atoms with van der Waals surface area (Å²) in [5.41, 5.74) is 0.0990. The molecule has 9 heteroatoms. The van der Waals surface area contributed by atoms with Crippen LogP contribution in [0.2, 0.25) is 0 Å². The molecule has 1 aromatic heterocycles. The molecule has 0 aliphatic carbocycles. The number of nitro groups is 1. The molecular weight excluding hydrogens is 340 g/mol. The lowest BCUT2D eigenvalue weighted by atomic mass is 10.2. The maximum atomic E-state index is 11.5. The molecule has 1 heterocycles. The molecule has 0 radical (unpaired) electrons. The quantitative estimate of drug-likeness (QED) is 0.508. The minimum absolute atomic E-state index is 0.0704. The first-order chi connectivity index (χ1) is 12.5. The smallest absolute Gasteiger partial charge is 0.373 e. The Bertz CT molecular complexity index is 945. The molecule has 0 bridgehead atoms. The summed E-state index contributed by atoms with van der Waals surface area (Å²) in [4.78, 5) is 29.5. The molecule has 9 nitrogen and oxygen atoms in total. The summed E-state index contributed by atoms with van der Waals surface area (Å²) in [6.07, 6.45) is 1.14. The van der Waals surface area contributed by atoms with Gasteiger partial charge in [0.15, 0.2) is 0 Å². The van der Waals surface area contributed by atoms with Crippen molar-refractivity contribution in [1.29, 1.82) is 0 Å². The van der Waals surface area contributed by atoms with Crippen LogP contribution in [0, 0.1) is 10.1 Å². The maximum Gasteiger partial charge on any atom is 0.373 e. The number of para-hydroxylation sites is 1. The van der Waals surface area contributed by atoms with Gasteiger partial charge in [-0.1, -0.05) is 18.2 Å². The predicted octanol–water partition coefficient (Wildman–Crippen LogP) is 3.62. The lowest BCUT2D eigenvalue weighted by Crippen LogP contribution is -2.04. The van der Waals surface area contributed by atoms with E-state index in [0.29, 0.717) is 11.4 Å². The minimum Gasteiger partial charge on any atom is -0.478 e. The zero-order valence-electron chi connectivity index (χ0n) is 13.2. The number of nitrogens with one attached hydrogen (secondary N) is 1. The average Bonchev–Trinajstić information content (AvgIpc) is 2.63. The molecule has 2 N–H and O–H groups in total. The monoisotopic (exact) mass is 352 g/mol. The zero-order chi connectivity index (χ0) is 18.5. The van der Waals surface area contributed by atoms with Crippen molar-refractivity contribution in [2.45, 2.75) is 0 Å². The third kappa shape index (κ3) is 3.73. The number of anilines is 2. The number of aromatic nitrogens is 2. The largest absolute Gasteiger partial charge is 0.478 e. The molecular formula is C17H12N4O5. The Labute approximate surface area is 147 Å². The third-order valence-electron chi connectivity index (χ3n) is 3.32. The summed E-state index contributed by atoms with van der Waals surface area (Å²) in [5.74, 6) is -0.950. The summed E-state index contributed by atoms with van der Waals surface area (Å²) >= 11 is 0. The number of benzene rings is 2. The van der Waals surface area contributed by atoms with E-state index in [2.05, 4.69) is 15.3 Å². The highest BCUT2D eigenvalue weighted by molar-refractivity contribution is 5.88. The fraction of sp³-hybridized carbons (Fsp3) is 0. The minimum atomic E-state index is -1.07. The standard InChI is InChI=1S/C17H12N4O5/c22-17(23)11-6-8-12(9-7-11)20-15-14(21(24)25)16(19-10-18-15)26-13-4-2-1-3-5-13/h1-10H,(H,22,23)(H,18,19,20). The maximum absolute atomic E-state index is 11.5. The SMILES string of the molecule is O=C(O)c1ccc(Nc2ncnc(Oc3ccccc3)c2[N+](=O)[O-])cc1. The fourth-order valence-corrected chi connectivity index (χ4v) is 2.13. The van der Waals surface area contributed by atoms with Crippen molar-refractivity contribution < 1.29 is 19.6 Å². The Morgan fingerprint density at radius 3 is 2.38 bits per heavy atom. The summed E-state index contributed by atoms with van der Waals surface area (Å²) in [6, 6.07) is 14.2. The van der Waals surface area contributed by atoms with E-state index in [9.17, 15) is 14.9 Å². The number of hydrogen-bond donors (Lipinski definition) is 2. The van der Waals surface area contributed by atoms with Crippen molar-refractivity contribution >= 4 is 23.2 Å². The number of ether oxygens (including phenoxy) is 1. The summed E-state index contributed by atoms with van der Waals surface area (Å²) in [7, 11) is 0. The average molecular weight is 352 g/mol. The summed E-state index contributed by atoms with van der Waals surface area (Å²) in [5, 5.41) is 23.2. The summed E-state index contributed by atoms with van der Waals surface area (Å²) in [6.45, 7) is 0. The number of hydrogen-bond acceptors (Lipinski definition) is 7. The van der Waals surface area contributed by atoms with Crippen LogP contribution in [-0.4, -0.2) is 26.0 Å². The van der Waals surface area contributed by atoms with Crippen LogP contribution >= 0.6 is 0 Å². The predicted molar refractivity (Wildman–Crippen MR) is 91.9 cm³/mol. The second-order valence-electron chi connectivity index (χ2n) is 5.06. The lowest BCUT2D eigenvalue weighted by Gasteiger charge is -2.09. The zero-order valence-corrected chi connectivity index (χ0v) is 13.2. The molecule has 0 aliphatic heterocycles. The topological polar surface area (TPSA) is 127 Å². The Balaban J connectivity index is 1.92. The molecule has 0 saturated carbocycles. The molecule has 0 fully saturated rings. The van der Waals surface area contributed by atoms with Crippen molar-refractivity contribution in [3.05, 3.63) is 76.6 Å². The first-order valence-corrected chi connectivity index (χ1v) is 7.37. The van der Waals surface area contributed by atoms with E-state index in [1.165, 1.54) is 24.3 Å². The second-order valence-corrected chi connectivity index (χ2v) is 5.06. The normalized spacial score (nSPS) is 10.2. The van der Waals surface area contributed by atoms with Gasteiger partial charge in [-0.3, -0.25) is 10.1 Å². The van der Waals surface area contributed by atoms with Gasteiger partial charge >= 0.3 is 17.5 Å². The molecule has 26 heavy (non-hydrogen) atoms. The van der Waals surface area contributed by atoms with E-state index in [4.69, 9.17) is 9.84 Å². The number of nitrogens with zero attached hydrogens (tertiary/aromatic N) is 3. The molecule has 3 rings (SSSR count). The Hall–Kier alpha value is -4.01. The number of aromatic carboxylic acids is 1. The Morgan fingerprint density at radius 2 is 1.77 bits per heavy atom. The number of rotatable bonds is 6. The van der Waals surface area contributed by atoms with Crippen LogP contribution in [0.1, 0.15) is 10.4 Å². The van der Waals surface area contributed by atoms with Gasteiger partial charge in [0.1, 0.15) is 12.1 Å². The van der Waals surface area contributed by atoms with Gasteiger partial charge in [0, 0.05) is 5.69 Å². The van der Waals surface area contributed by atoms with Gasteiger partial charge in [-0.15, -0.1) is 0 Å². The van der Waals surface area contributed by atoms with Crippen LogP contribution in [0.25, 0.3) is 0 Å². The Kier molecular flexibility index (Phi) is 4.70. The van der Waals surface area contributed by atoms with Gasteiger partial charge in [-0.2, -0.15) is 4.98 Å². The van der Waals surface area contributed by atoms with Gasteiger partial charge < -0.3 is 15.2 Å². The molecule has 0 atom stereocenters. The summed E-state index contributed by atoms with van der Waals surface area (Å²) < 4.78 is 5.49. The highest BCUT2D eigenvalue weighted by Gasteiger charge is 2.25. The molecule has 3 aromatic rings. The number of carboxylic acid groups (broad SMARTS) is 1. The molecule has 0 unspecified atom stereocenters. The van der Waals surface area contributed by atoms with Crippen molar-refractivity contribution in [1.82, 2.24) is 9.97 Å². The van der Waals surface area contributed by atoms with E-state index in [1.807, 2.05) is 0 Å². The van der Waals surface area contributed by atoms with Crippen LogP contribution in [0.4, 0.5) is 17.2 Å². The second kappa shape index (κ2) is 7.26. The van der Waals surface area contributed by atoms with Gasteiger partial charge in [-0.25, -0.2) is 9.78 Å². The molecule has 2 aromatic carbocycles. The molecule has 0 spiro atoms. The van der Waals surface area contributed by atoms with Gasteiger partial charge in [0.05, 0.1) is 10.5 Å². The van der Waals surface area contributed by atoms with Crippen LogP contribution in [0.3, 0.4) is 0 Å². The van der Waals surface area contributed by atoms with E-state index in [-0.39, 0.29) is 17.3 Å². The van der Waals surface area contributed by atoms with E-state index in [0.717, 1.165) is 6.33 Å². The third-order valence-corrected chi connectivity index (χ3v) is 3.32. The van der Waals surface area contributed by atoms with Crippen molar-refractivity contribution in [3.8, 4) is 11.6 Å². The van der Waals surface area contributed by atoms with E-state index in [1.54, 1.807) is 30.3 Å². The van der Waals surface area contributed by atoms with Crippen molar-refractivity contribution in [2.24, 2.45) is 0 Å². The van der Waals surface area contributed by atoms with Gasteiger partial charge in [-0.05, 0) is 36.4 Å². The van der Waals surface area contributed by atoms with Crippen LogP contribution in [0.5, 0.6) is 11.6 Å². The first-order valence-electron chi connectivity index (χ1n) is 7.37. The lowest BCUT2D eigenvalue weighted by molar-refractivity contribution is -0.385. The number of carboxylic acids is 1. The Morgan fingerprint density at radius 1 is 1.08 bits per heavy atom. The van der Waals surface area contributed by atoms with Crippen LogP contribution in [0.15, 0.2) is 60.9 Å². The number of carbonyl (C=O) groups is 1.